The molecule has 6 atom stereocenters. The van der Waals surface area contributed by atoms with E-state index < -0.39 is 126 Å². The number of halogens is 2. The summed E-state index contributed by atoms with van der Waals surface area (Å²) in [5.41, 5.74) is 9.16. The van der Waals surface area contributed by atoms with Gasteiger partial charge in [0.25, 0.3) is 0 Å². The number of nitrogens with two attached hydrogens (primary N) is 1. The van der Waals surface area contributed by atoms with Crippen LogP contribution in [0.4, 0.5) is 8.78 Å². The van der Waals surface area contributed by atoms with Gasteiger partial charge >= 0.3 is 5.97 Å². The minimum absolute atomic E-state index is 0.0752. The van der Waals surface area contributed by atoms with E-state index in [0.29, 0.717) is 38.7 Å². The van der Waals surface area contributed by atoms with E-state index in [0.717, 1.165) is 6.07 Å². The fourth-order valence-electron chi connectivity index (χ4n) is 9.61. The molecule has 0 unspecified atom stereocenters. The second-order valence-electron chi connectivity index (χ2n) is 20.4. The second kappa shape index (κ2) is 28.0. The molecule has 444 valence electrons. The fourth-order valence-corrected chi connectivity index (χ4v) is 9.61. The summed E-state index contributed by atoms with van der Waals surface area (Å²) in [6.45, 7) is -0.575. The number of rotatable bonds is 11. The van der Waals surface area contributed by atoms with Crippen LogP contribution in [0, 0.1) is 11.6 Å². The van der Waals surface area contributed by atoms with Gasteiger partial charge in [0.15, 0.2) is 0 Å². The van der Waals surface area contributed by atoms with E-state index in [1.54, 1.807) is 24.3 Å². The van der Waals surface area contributed by atoms with Crippen LogP contribution in [0.15, 0.2) is 110 Å². The van der Waals surface area contributed by atoms with Crippen LogP contribution in [0.5, 0.6) is 5.75 Å². The highest BCUT2D eigenvalue weighted by Gasteiger charge is 2.36. The number of aromatic nitrogens is 4. The molecule has 2 aliphatic heterocycles. The Morgan fingerprint density at radius 1 is 0.553 bits per heavy atom. The number of carbonyl (C=O) groups excluding carboxylic acids is 9. The zero-order valence-electron chi connectivity index (χ0n) is 45.4. The predicted molar refractivity (Wildman–Crippen MR) is 300 cm³/mol. The lowest BCUT2D eigenvalue weighted by atomic mass is 10.0. The van der Waals surface area contributed by atoms with Crippen molar-refractivity contribution in [2.45, 2.75) is 101 Å². The van der Waals surface area contributed by atoms with E-state index in [9.17, 15) is 66.9 Å². The summed E-state index contributed by atoms with van der Waals surface area (Å²) in [5, 5.41) is 41.2. The molecule has 2 aliphatic rings. The van der Waals surface area contributed by atoms with Crippen LogP contribution in [0.1, 0.15) is 59.2 Å². The molecule has 5 heterocycles. The Hall–Kier alpha value is -10.5. The molecule has 25 nitrogen and oxygen atoms in total. The molecule has 9 rings (SSSR count). The third kappa shape index (κ3) is 17.1. The second-order valence-corrected chi connectivity index (χ2v) is 20.4. The van der Waals surface area contributed by atoms with Gasteiger partial charge in [0, 0.05) is 97.6 Å². The molecule has 15 N–H and O–H groups in total. The minimum Gasteiger partial charge on any atom is -0.508 e. The molecular weight excluding hydrogens is 1110 g/mol. The normalized spacial score (nSPS) is 20.5. The molecule has 0 spiro atoms. The lowest BCUT2D eigenvalue weighted by Crippen LogP contribution is -2.61. The fraction of sp³-hybridized carbons (Fsp3) is 0.293. The van der Waals surface area contributed by atoms with Crippen LogP contribution in [0.25, 0.3) is 21.8 Å². The quantitative estimate of drug-likeness (QED) is 0.0793. The highest BCUT2D eigenvalue weighted by atomic mass is 19.1. The van der Waals surface area contributed by atoms with Gasteiger partial charge < -0.3 is 73.4 Å². The number of benzene rings is 4. The number of aromatic amines is 3. The number of aliphatic carboxylic acids is 1. The first-order valence-electron chi connectivity index (χ1n) is 26.9. The first-order valence-corrected chi connectivity index (χ1v) is 26.9. The first-order chi connectivity index (χ1) is 40.7. The molecule has 9 amide bonds. The largest absolute Gasteiger partial charge is 0.508 e. The van der Waals surface area contributed by atoms with Crippen molar-refractivity contribution >= 4 is 80.9 Å². The summed E-state index contributed by atoms with van der Waals surface area (Å²) in [6.07, 6.45) is 2.71. The lowest BCUT2D eigenvalue weighted by Gasteiger charge is -2.27. The number of phenolic OH excluding ortho intramolecular Hbond substituents is 1. The van der Waals surface area contributed by atoms with Gasteiger partial charge in [-0.3, -0.25) is 47.9 Å². The van der Waals surface area contributed by atoms with Gasteiger partial charge in [-0.15, -0.1) is 0 Å². The number of imidazole rings is 1. The lowest BCUT2D eigenvalue weighted by molar-refractivity contribution is -0.141. The molecule has 0 saturated carbocycles. The Balaban J connectivity index is 1.14. The van der Waals surface area contributed by atoms with E-state index in [1.807, 2.05) is 0 Å². The van der Waals surface area contributed by atoms with Crippen LogP contribution in [-0.4, -0.2) is 132 Å². The molecule has 7 aromatic rings. The average Bonchev–Trinajstić information content (AvgIpc) is 4.37. The van der Waals surface area contributed by atoms with Gasteiger partial charge in [-0.05, 0) is 82.8 Å². The van der Waals surface area contributed by atoms with E-state index in [1.165, 1.54) is 79.5 Å². The van der Waals surface area contributed by atoms with Crippen molar-refractivity contribution in [1.82, 2.24) is 62.5 Å². The summed E-state index contributed by atoms with van der Waals surface area (Å²) in [5.74, 6) is -11.2. The summed E-state index contributed by atoms with van der Waals surface area (Å²) < 4.78 is 29.4. The van der Waals surface area contributed by atoms with Gasteiger partial charge in [-0.1, -0.05) is 36.4 Å². The Labute approximate surface area is 482 Å². The number of fused-ring (bicyclic) bond motifs is 31. The number of primary amides is 1. The zero-order valence-corrected chi connectivity index (χ0v) is 45.4. The monoisotopic (exact) mass is 1170 g/mol. The van der Waals surface area contributed by atoms with Crippen LogP contribution in [0.3, 0.4) is 0 Å². The van der Waals surface area contributed by atoms with Crippen molar-refractivity contribution in [2.75, 3.05) is 6.54 Å². The molecular formula is C58H61F2N13O12. The summed E-state index contributed by atoms with van der Waals surface area (Å²) >= 11 is 0. The maximum Gasteiger partial charge on any atom is 0.305 e. The third-order valence-electron chi connectivity index (χ3n) is 14.1. The Morgan fingerprint density at radius 3 is 1.59 bits per heavy atom. The van der Waals surface area contributed by atoms with Crippen molar-refractivity contribution in [3.05, 3.63) is 155 Å². The number of carboxylic acids is 1. The topological polar surface area (TPSA) is 394 Å². The smallest absolute Gasteiger partial charge is 0.305 e. The highest BCUT2D eigenvalue weighted by molar-refractivity contribution is 5.99. The van der Waals surface area contributed by atoms with Crippen molar-refractivity contribution in [3.63, 3.8) is 0 Å². The van der Waals surface area contributed by atoms with E-state index >= 15 is 0 Å². The summed E-state index contributed by atoms with van der Waals surface area (Å²) in [6, 6.07) is 10.0. The molecule has 2 bridgehead atoms. The van der Waals surface area contributed by atoms with Crippen LogP contribution < -0.4 is 48.3 Å². The maximum absolute atomic E-state index is 14.8. The molecule has 27 heteroatoms. The number of carbonyl (C=O) groups is 10. The van der Waals surface area contributed by atoms with Crippen molar-refractivity contribution in [3.8, 4) is 5.75 Å². The molecule has 3 aromatic heterocycles. The van der Waals surface area contributed by atoms with Crippen molar-refractivity contribution in [2.24, 2.45) is 5.73 Å². The summed E-state index contributed by atoms with van der Waals surface area (Å²) in [4.78, 5) is 151. The van der Waals surface area contributed by atoms with E-state index in [2.05, 4.69) is 62.5 Å². The molecule has 0 saturated heterocycles. The number of hydrogen-bond donors (Lipinski definition) is 14. The standard InChI is InChI=1S/C58H61F2N13O12/c59-35-10-14-41-39(20-35)33(25-63-41)18-45-55(82)71-46(19-34-26-64-42-15-11-36(60)21-40(34)42)56(83)73-48(23-52(78)79)58(85)72-47(22-37-27-62-29-67-37)57(84)70-44(17-31-8-12-38(74)13-9-31)54(81)69-43(53(61)80)16-30-4-6-32(7-5-30)24-65-49(75)2-1-3-50(76)66-28-51(77)68-45/h4-15,20-21,25-27,29,43-48,63-64,74H,1-3,16-19,22-24,28H2,(H2,61,80)(H,62,67)(H,65,75)(H,66,76)(H,68,77)(H,69,81)(H,70,84)(H,71,82)(H,72,85)(H,73,83)(H,78,79)/t43-,44-,45-,46-,47-,48-/m0/s1. The Morgan fingerprint density at radius 2 is 1.05 bits per heavy atom. The third-order valence-corrected chi connectivity index (χ3v) is 14.1. The number of carboxylic acid groups (broad SMARTS) is 1. The maximum atomic E-state index is 14.8. The van der Waals surface area contributed by atoms with E-state index in [4.69, 9.17) is 5.73 Å². The minimum atomic E-state index is -2.01. The molecule has 4 aromatic carbocycles. The summed E-state index contributed by atoms with van der Waals surface area (Å²) in [7, 11) is 0. The van der Waals surface area contributed by atoms with Gasteiger partial charge in [0.05, 0.1) is 19.3 Å². The number of nitrogens with zero attached hydrogens (tertiary/aromatic N) is 1. The van der Waals surface area contributed by atoms with Crippen molar-refractivity contribution < 1.29 is 66.9 Å². The number of amides is 9. The zero-order chi connectivity index (χ0) is 60.7. The molecule has 0 radical (unpaired) electrons. The predicted octanol–water partition coefficient (Wildman–Crippen LogP) is 0.655. The van der Waals surface area contributed by atoms with Crippen LogP contribution in [-0.2, 0) is 86.6 Å². The van der Waals surface area contributed by atoms with Crippen LogP contribution >= 0.6 is 0 Å². The van der Waals surface area contributed by atoms with Gasteiger partial charge in [0.2, 0.25) is 53.2 Å². The number of aromatic hydroxyl groups is 1. The van der Waals surface area contributed by atoms with Gasteiger partial charge in [-0.2, -0.15) is 0 Å². The highest BCUT2D eigenvalue weighted by Crippen LogP contribution is 2.24. The van der Waals surface area contributed by atoms with E-state index in [-0.39, 0.29) is 73.9 Å². The van der Waals surface area contributed by atoms with Gasteiger partial charge in [-0.25, -0.2) is 13.8 Å². The number of phenols is 1. The average molecular weight is 1170 g/mol. The molecule has 0 fully saturated rings. The number of nitrogens with one attached hydrogen (secondary N) is 11. The SMILES string of the molecule is NC(=O)[C@@H]1Cc2ccc(cc2)CNC(=O)CCCC(=O)NCC(=O)N[C@@H](Cc2c[nH]c3ccc(F)cc23)C(=O)N[C@@H](Cc2c[nH]c3ccc(F)cc23)C(=O)N[C@@H](CC(=O)O)C(=O)N[C@@H](Cc2cnc[nH]2)C(=O)N[C@@H](Cc2ccc(O)cc2)C(=O)N1. The first kappa shape index (κ1) is 60.6. The van der Waals surface area contributed by atoms with Gasteiger partial charge in [0.1, 0.15) is 53.6 Å². The Kier molecular flexibility index (Phi) is 20.0. The Bertz CT molecular complexity index is 3610. The van der Waals surface area contributed by atoms with Crippen molar-refractivity contribution in [1.29, 1.82) is 0 Å². The molecule has 85 heavy (non-hydrogen) atoms. The number of hydrogen-bond acceptors (Lipinski definition) is 12. The number of H-pyrrole nitrogens is 3. The van der Waals surface area contributed by atoms with Crippen LogP contribution in [0.2, 0.25) is 0 Å². The molecule has 0 aliphatic carbocycles.